The van der Waals surface area contributed by atoms with Gasteiger partial charge in [0.05, 0.1) is 0 Å². The van der Waals surface area contributed by atoms with E-state index in [1.807, 2.05) is 73.7 Å². The number of fused-ring (bicyclic) bond motifs is 3. The van der Waals surface area contributed by atoms with E-state index in [2.05, 4.69) is 143 Å². The van der Waals surface area contributed by atoms with Crippen molar-refractivity contribution in [2.75, 3.05) is 0 Å². The van der Waals surface area contributed by atoms with Gasteiger partial charge in [0.2, 0.25) is 0 Å². The number of hydrogen-bond acceptors (Lipinski definition) is 0. The molecule has 0 saturated heterocycles. The molecule has 5 aromatic rings. The molecular weight excluding hydrogens is 647 g/mol. The van der Waals surface area contributed by atoms with Crippen molar-refractivity contribution < 1.29 is 20.0 Å². The predicted octanol–water partition coefficient (Wildman–Crippen LogP) is 11.7. The van der Waals surface area contributed by atoms with Gasteiger partial charge >= 0.3 is 31.2 Å². The van der Waals surface area contributed by atoms with Crippen LogP contribution < -0.4 is 0 Å². The first-order chi connectivity index (χ1) is 21.8. The van der Waals surface area contributed by atoms with Crippen LogP contribution in [0.1, 0.15) is 74.4 Å². The molecule has 0 heterocycles. The van der Waals surface area contributed by atoms with Crippen molar-refractivity contribution >= 4 is 29.1 Å². The smallest absolute Gasteiger partial charge is 0.109 e. The molecule has 242 valence electrons. The molecule has 0 aliphatic heterocycles. The summed E-state index contributed by atoms with van der Waals surface area (Å²) in [5.41, 5.74) is 10.7. The zero-order chi connectivity index (χ0) is 32.1. The summed E-state index contributed by atoms with van der Waals surface area (Å²) in [5.74, 6) is 0. The third kappa shape index (κ3) is 10.6. The van der Waals surface area contributed by atoms with Crippen LogP contribution in [0.2, 0.25) is 0 Å². The predicted molar refractivity (Wildman–Crippen MR) is 204 cm³/mol. The van der Waals surface area contributed by atoms with Crippen LogP contribution >= 0.6 is 24.8 Å². The van der Waals surface area contributed by atoms with E-state index in [1.54, 1.807) is 0 Å². The number of halogens is 2. The standard InChI is InChI=1S/C31H29.C6H5.C5H5.C2H4.2ClH.Ti/c1-30(2,24-11-7-5-8-12-24)26-17-15-22-19-23-16-18-27(21-29(23)28(22)20-26)31(3,4)25-13-9-6-10-14-25;1-2-4-6-5-3-1;1-2-4-5-3-1;1-2;;;/h5-15,17-18,20-21H,19H2,1-4H3;1-5H;1-3H,4H2;1H,2H3;2*1H;/q3*-1;;;;. The summed E-state index contributed by atoms with van der Waals surface area (Å²) in [6.45, 7) is 11.3. The van der Waals surface area contributed by atoms with E-state index < -0.39 is 0 Å². The van der Waals surface area contributed by atoms with Crippen LogP contribution in [-0.2, 0) is 37.2 Å². The fourth-order valence-corrected chi connectivity index (χ4v) is 5.56. The normalized spacial score (nSPS) is 11.7. The number of allylic oxidation sites excluding steroid dienone is 4. The monoisotopic (exact) mass is 691 g/mol. The van der Waals surface area contributed by atoms with Crippen molar-refractivity contribution in [1.82, 2.24) is 0 Å². The molecule has 2 aliphatic rings. The van der Waals surface area contributed by atoms with Crippen molar-refractivity contribution in [3.05, 3.63) is 191 Å². The molecule has 7 rings (SSSR count). The number of hydrogen-bond donors (Lipinski definition) is 0. The Bertz CT molecular complexity index is 1570. The molecule has 0 fully saturated rings. The van der Waals surface area contributed by atoms with Crippen LogP contribution in [0.3, 0.4) is 0 Å². The first kappa shape index (κ1) is 39.9. The molecule has 0 radical (unpaired) electrons. The Labute approximate surface area is 307 Å². The van der Waals surface area contributed by atoms with Crippen molar-refractivity contribution in [1.29, 1.82) is 0 Å². The largest absolute Gasteiger partial charge is 0.273 e. The maximum atomic E-state index is 3.63. The van der Waals surface area contributed by atoms with E-state index in [0.717, 1.165) is 12.8 Å². The van der Waals surface area contributed by atoms with Gasteiger partial charge in [0.25, 0.3) is 0 Å². The van der Waals surface area contributed by atoms with Crippen molar-refractivity contribution in [2.24, 2.45) is 0 Å². The summed E-state index contributed by atoms with van der Waals surface area (Å²) < 4.78 is 2.00. The van der Waals surface area contributed by atoms with Gasteiger partial charge < -0.3 is 0 Å². The average molecular weight is 693 g/mol. The molecular formula is C44H45Cl2Ti-3. The Kier molecular flexibility index (Phi) is 16.6. The quantitative estimate of drug-likeness (QED) is 0.127. The SMILES string of the molecule is CC(C)(c1ccccc1)c1c[c-]c2c(c1)-c1cc(C(C)(C)c3ccccc3)ccc1C2.C[CH]=[Ti].Cl.Cl.[C-]1=CC=CC1.[c-]1ccccc1. The maximum Gasteiger partial charge on any atom is -0.109 e. The summed E-state index contributed by atoms with van der Waals surface area (Å²) in [7, 11) is 0. The van der Waals surface area contributed by atoms with Gasteiger partial charge in [0.1, 0.15) is 0 Å². The molecule has 0 nitrogen and oxygen atoms in total. The van der Waals surface area contributed by atoms with E-state index in [4.69, 9.17) is 0 Å². The maximum absolute atomic E-state index is 3.63. The van der Waals surface area contributed by atoms with E-state index in [-0.39, 0.29) is 35.6 Å². The van der Waals surface area contributed by atoms with Crippen LogP contribution in [-0.4, -0.2) is 4.31 Å². The van der Waals surface area contributed by atoms with Gasteiger partial charge in [-0.15, -0.1) is 42.4 Å². The summed E-state index contributed by atoms with van der Waals surface area (Å²) in [5, 5.41) is 0. The average Bonchev–Trinajstić information content (AvgIpc) is 3.79. The second-order valence-corrected chi connectivity index (χ2v) is 13.1. The van der Waals surface area contributed by atoms with Crippen molar-refractivity contribution in [2.45, 2.75) is 58.3 Å². The molecule has 3 heteroatoms. The molecule has 5 aromatic carbocycles. The fourth-order valence-electron chi connectivity index (χ4n) is 5.56. The zero-order valence-corrected chi connectivity index (χ0v) is 31.3. The minimum Gasteiger partial charge on any atom is -0.273 e. The number of rotatable bonds is 4. The van der Waals surface area contributed by atoms with Gasteiger partial charge in [0, 0.05) is 5.41 Å². The summed E-state index contributed by atoms with van der Waals surface area (Å²) in [4.78, 5) is 0. The van der Waals surface area contributed by atoms with Gasteiger partial charge in [-0.25, -0.2) is 12.2 Å². The molecule has 2 aliphatic carbocycles. The topological polar surface area (TPSA) is 0 Å². The molecule has 0 saturated carbocycles. The molecule has 0 spiro atoms. The van der Waals surface area contributed by atoms with Crippen LogP contribution in [0, 0.1) is 18.2 Å². The number of benzene rings is 5. The van der Waals surface area contributed by atoms with Gasteiger partial charge in [-0.05, 0) is 28.5 Å². The van der Waals surface area contributed by atoms with Crippen LogP contribution in [0.5, 0.6) is 0 Å². The minimum absolute atomic E-state index is 0. The van der Waals surface area contributed by atoms with E-state index >= 15 is 0 Å². The molecule has 0 atom stereocenters. The summed E-state index contributed by atoms with van der Waals surface area (Å²) in [6.07, 6.45) is 11.0. The van der Waals surface area contributed by atoms with Gasteiger partial charge in [-0.1, -0.05) is 118 Å². The van der Waals surface area contributed by atoms with Gasteiger partial charge in [-0.3, -0.25) is 6.08 Å². The van der Waals surface area contributed by atoms with Crippen molar-refractivity contribution in [3.63, 3.8) is 0 Å². The van der Waals surface area contributed by atoms with Crippen molar-refractivity contribution in [3.8, 4) is 11.1 Å². The molecule has 0 N–H and O–H groups in total. The van der Waals surface area contributed by atoms with E-state index in [0.29, 0.717) is 0 Å². The molecule has 0 aromatic heterocycles. The van der Waals surface area contributed by atoms with Crippen LogP contribution in [0.15, 0.2) is 140 Å². The van der Waals surface area contributed by atoms with Crippen LogP contribution in [0.4, 0.5) is 0 Å². The van der Waals surface area contributed by atoms with E-state index in [1.165, 1.54) is 44.5 Å². The van der Waals surface area contributed by atoms with Gasteiger partial charge in [-0.2, -0.15) is 66.2 Å². The molecule has 0 unspecified atom stereocenters. The molecule has 0 bridgehead atoms. The third-order valence-electron chi connectivity index (χ3n) is 8.42. The Morgan fingerprint density at radius 1 is 0.660 bits per heavy atom. The fraction of sp³-hybridized carbons (Fsp3) is 0.205. The Morgan fingerprint density at radius 2 is 1.19 bits per heavy atom. The minimum atomic E-state index is -0.0591. The first-order valence-corrected chi connectivity index (χ1v) is 16.6. The molecule has 0 amide bonds. The first-order valence-electron chi connectivity index (χ1n) is 15.7. The second-order valence-electron chi connectivity index (χ2n) is 12.2. The summed E-state index contributed by atoms with van der Waals surface area (Å²) >= 11 is 2.00. The molecule has 47 heavy (non-hydrogen) atoms. The third-order valence-corrected chi connectivity index (χ3v) is 8.42. The second kappa shape index (κ2) is 19.5. The Hall–Kier alpha value is -3.26. The zero-order valence-electron chi connectivity index (χ0n) is 28.1. The Morgan fingerprint density at radius 3 is 1.64 bits per heavy atom. The summed E-state index contributed by atoms with van der Waals surface area (Å²) in [6, 6.07) is 49.4. The Balaban J connectivity index is 0.000000400. The van der Waals surface area contributed by atoms with Gasteiger partial charge in [0.15, 0.2) is 0 Å². The van der Waals surface area contributed by atoms with E-state index in [9.17, 15) is 0 Å². The van der Waals surface area contributed by atoms with Crippen LogP contribution in [0.25, 0.3) is 11.1 Å².